The van der Waals surface area contributed by atoms with Gasteiger partial charge in [0.15, 0.2) is 0 Å². The van der Waals surface area contributed by atoms with Crippen LogP contribution < -0.4 is 5.32 Å². The first kappa shape index (κ1) is 14.7. The second kappa shape index (κ2) is 7.20. The number of hydrogen-bond acceptors (Lipinski definition) is 3. The van der Waals surface area contributed by atoms with Gasteiger partial charge in [0.25, 0.3) is 0 Å². The summed E-state index contributed by atoms with van der Waals surface area (Å²) in [7, 11) is 0. The van der Waals surface area contributed by atoms with Gasteiger partial charge in [-0.2, -0.15) is 5.10 Å². The molecule has 0 radical (unpaired) electrons. The van der Waals surface area contributed by atoms with Crippen LogP contribution in [0.3, 0.4) is 0 Å². The zero-order valence-corrected chi connectivity index (χ0v) is 12.6. The fourth-order valence-corrected chi connectivity index (χ4v) is 2.30. The molecule has 108 valence electrons. The van der Waals surface area contributed by atoms with Gasteiger partial charge in [-0.15, -0.1) is 0 Å². The molecule has 0 fully saturated rings. The highest BCUT2D eigenvalue weighted by Gasteiger charge is 2.12. The maximum absolute atomic E-state index is 4.63. The topological polar surface area (TPSA) is 42.7 Å². The van der Waals surface area contributed by atoms with Crippen LogP contribution in [0.1, 0.15) is 38.2 Å². The van der Waals surface area contributed by atoms with Crippen molar-refractivity contribution in [3.63, 3.8) is 0 Å². The van der Waals surface area contributed by atoms with Crippen LogP contribution in [0, 0.1) is 0 Å². The molecule has 0 aliphatic heterocycles. The molecular formula is C16H24N4. The van der Waals surface area contributed by atoms with E-state index in [4.69, 9.17) is 0 Å². The molecule has 0 bridgehead atoms. The molecule has 0 amide bonds. The summed E-state index contributed by atoms with van der Waals surface area (Å²) in [4.78, 5) is 4.41. The van der Waals surface area contributed by atoms with Gasteiger partial charge in [0.2, 0.25) is 0 Å². The van der Waals surface area contributed by atoms with Crippen molar-refractivity contribution in [1.82, 2.24) is 20.1 Å². The molecule has 0 saturated heterocycles. The smallest absolute Gasteiger partial charge is 0.0640 e. The first-order chi connectivity index (χ1) is 9.69. The monoisotopic (exact) mass is 272 g/mol. The number of aromatic nitrogens is 3. The quantitative estimate of drug-likeness (QED) is 0.842. The van der Waals surface area contributed by atoms with E-state index in [-0.39, 0.29) is 0 Å². The molecule has 2 heterocycles. The molecule has 2 aromatic heterocycles. The van der Waals surface area contributed by atoms with Crippen LogP contribution in [0.2, 0.25) is 0 Å². The van der Waals surface area contributed by atoms with E-state index in [0.717, 1.165) is 30.8 Å². The summed E-state index contributed by atoms with van der Waals surface area (Å²) < 4.78 is 2.01. The maximum Gasteiger partial charge on any atom is 0.0640 e. The first-order valence-corrected chi connectivity index (χ1v) is 7.36. The summed E-state index contributed by atoms with van der Waals surface area (Å²) in [6.45, 7) is 7.39. The van der Waals surface area contributed by atoms with Gasteiger partial charge in [-0.05, 0) is 38.6 Å². The Balaban J connectivity index is 2.01. The number of likely N-dealkylation sites (N-methyl/N-ethyl adjacent to an activating group) is 1. The summed E-state index contributed by atoms with van der Waals surface area (Å²) in [5, 5.41) is 8.16. The molecule has 0 aliphatic carbocycles. The molecule has 1 atom stereocenters. The average molecular weight is 272 g/mol. The highest BCUT2D eigenvalue weighted by atomic mass is 15.3. The van der Waals surface area contributed by atoms with Gasteiger partial charge in [-0.1, -0.05) is 13.0 Å². The third-order valence-electron chi connectivity index (χ3n) is 3.32. The van der Waals surface area contributed by atoms with E-state index in [1.165, 1.54) is 0 Å². The van der Waals surface area contributed by atoms with Crippen molar-refractivity contribution in [1.29, 1.82) is 0 Å². The highest BCUT2D eigenvalue weighted by molar-refractivity contribution is 5.08. The predicted molar refractivity (Wildman–Crippen MR) is 81.7 cm³/mol. The van der Waals surface area contributed by atoms with E-state index in [1.54, 1.807) is 0 Å². The van der Waals surface area contributed by atoms with Crippen LogP contribution in [0.15, 0.2) is 36.7 Å². The Morgan fingerprint density at radius 2 is 1.95 bits per heavy atom. The third kappa shape index (κ3) is 4.17. The zero-order valence-electron chi connectivity index (χ0n) is 12.6. The van der Waals surface area contributed by atoms with Crippen LogP contribution in [0.4, 0.5) is 0 Å². The number of nitrogens with zero attached hydrogens (tertiary/aromatic N) is 3. The molecule has 0 spiro atoms. The molecule has 4 nitrogen and oxygen atoms in total. The Morgan fingerprint density at radius 3 is 2.55 bits per heavy atom. The van der Waals surface area contributed by atoms with Crippen LogP contribution >= 0.6 is 0 Å². The minimum atomic E-state index is 0.380. The third-order valence-corrected chi connectivity index (χ3v) is 3.32. The van der Waals surface area contributed by atoms with Gasteiger partial charge in [-0.25, -0.2) is 0 Å². The minimum Gasteiger partial charge on any atom is -0.313 e. The Labute approximate surface area is 121 Å². The molecule has 2 aromatic rings. The lowest BCUT2D eigenvalue weighted by molar-refractivity contribution is 0.492. The van der Waals surface area contributed by atoms with Gasteiger partial charge in [-0.3, -0.25) is 9.67 Å². The van der Waals surface area contributed by atoms with Crippen LogP contribution in [-0.4, -0.2) is 27.4 Å². The second-order valence-corrected chi connectivity index (χ2v) is 5.36. The Bertz CT molecular complexity index is 504. The largest absolute Gasteiger partial charge is 0.313 e. The van der Waals surface area contributed by atoms with Gasteiger partial charge < -0.3 is 5.32 Å². The molecule has 0 saturated carbocycles. The van der Waals surface area contributed by atoms with Crippen molar-refractivity contribution in [3.8, 4) is 0 Å². The minimum absolute atomic E-state index is 0.380. The number of hydrogen-bond donors (Lipinski definition) is 1. The van der Waals surface area contributed by atoms with E-state index in [9.17, 15) is 0 Å². The lowest BCUT2D eigenvalue weighted by Crippen LogP contribution is -2.33. The van der Waals surface area contributed by atoms with Gasteiger partial charge in [0.05, 0.1) is 5.69 Å². The highest BCUT2D eigenvalue weighted by Crippen LogP contribution is 2.09. The Hall–Kier alpha value is -1.68. The van der Waals surface area contributed by atoms with Crippen molar-refractivity contribution in [3.05, 3.63) is 48.0 Å². The molecule has 1 unspecified atom stereocenters. The number of nitrogens with one attached hydrogen (secondary N) is 1. The summed E-state index contributed by atoms with van der Waals surface area (Å²) in [6, 6.07) is 8.98. The van der Waals surface area contributed by atoms with Crippen molar-refractivity contribution < 1.29 is 0 Å². The fourth-order valence-electron chi connectivity index (χ4n) is 2.30. The fraction of sp³-hybridized carbons (Fsp3) is 0.500. The summed E-state index contributed by atoms with van der Waals surface area (Å²) >= 11 is 0. The second-order valence-electron chi connectivity index (χ2n) is 5.36. The van der Waals surface area contributed by atoms with Crippen molar-refractivity contribution >= 4 is 0 Å². The molecule has 4 heteroatoms. The molecule has 20 heavy (non-hydrogen) atoms. The van der Waals surface area contributed by atoms with Gasteiger partial charge >= 0.3 is 0 Å². The van der Waals surface area contributed by atoms with Crippen molar-refractivity contribution in [2.24, 2.45) is 0 Å². The van der Waals surface area contributed by atoms with E-state index >= 15 is 0 Å². The molecule has 0 aliphatic rings. The molecular weight excluding hydrogens is 248 g/mol. The first-order valence-electron chi connectivity index (χ1n) is 7.36. The number of rotatable bonds is 7. The van der Waals surface area contributed by atoms with E-state index in [2.05, 4.69) is 54.5 Å². The van der Waals surface area contributed by atoms with Crippen molar-refractivity contribution in [2.45, 2.75) is 45.7 Å². The molecule has 1 N–H and O–H groups in total. The van der Waals surface area contributed by atoms with Crippen LogP contribution in [0.25, 0.3) is 0 Å². The summed E-state index contributed by atoms with van der Waals surface area (Å²) in [5.74, 6) is 0. The normalized spacial score (nSPS) is 12.8. The average Bonchev–Trinajstić information content (AvgIpc) is 2.89. The van der Waals surface area contributed by atoms with E-state index in [0.29, 0.717) is 12.1 Å². The predicted octanol–water partition coefficient (Wildman–Crippen LogP) is 2.62. The molecule has 0 aromatic carbocycles. The Morgan fingerprint density at radius 1 is 1.15 bits per heavy atom. The van der Waals surface area contributed by atoms with E-state index in [1.807, 2.05) is 23.0 Å². The standard InChI is InChI=1S/C16H24N4/c1-4-17-16(11-14-7-5-6-9-18-14)12-15-8-10-20(19-15)13(2)3/h5-10,13,16-17H,4,11-12H2,1-3H3. The summed E-state index contributed by atoms with van der Waals surface area (Å²) in [5.41, 5.74) is 2.27. The van der Waals surface area contributed by atoms with Crippen LogP contribution in [0.5, 0.6) is 0 Å². The zero-order chi connectivity index (χ0) is 14.4. The van der Waals surface area contributed by atoms with E-state index < -0.39 is 0 Å². The van der Waals surface area contributed by atoms with Crippen LogP contribution in [-0.2, 0) is 12.8 Å². The van der Waals surface area contributed by atoms with Crippen molar-refractivity contribution in [2.75, 3.05) is 6.54 Å². The maximum atomic E-state index is 4.63. The van der Waals surface area contributed by atoms with Gasteiger partial charge in [0.1, 0.15) is 0 Å². The van der Waals surface area contributed by atoms with Gasteiger partial charge in [0, 0.05) is 43.0 Å². The number of pyridine rings is 1. The Kier molecular flexibility index (Phi) is 5.30. The summed E-state index contributed by atoms with van der Waals surface area (Å²) in [6.07, 6.45) is 5.78. The SMILES string of the molecule is CCNC(Cc1ccccn1)Cc1ccn(C(C)C)n1. The lowest BCUT2D eigenvalue weighted by atomic mass is 10.1. The molecule has 2 rings (SSSR count). The lowest BCUT2D eigenvalue weighted by Gasteiger charge is -2.16.